The van der Waals surface area contributed by atoms with E-state index in [1.807, 2.05) is 0 Å². The van der Waals surface area contributed by atoms with E-state index in [9.17, 15) is 4.39 Å². The maximum Gasteiger partial charge on any atom is 0.178 e. The van der Waals surface area contributed by atoms with Gasteiger partial charge in [-0.05, 0) is 55.2 Å². The van der Waals surface area contributed by atoms with Gasteiger partial charge in [-0.1, -0.05) is 0 Å². The molecule has 3 fully saturated rings. The fourth-order valence-electron chi connectivity index (χ4n) is 5.20. The fraction of sp³-hybridized carbons (Fsp3) is 0.562. The minimum atomic E-state index is -0.343. The largest absolute Gasteiger partial charge is 0.494 e. The number of ether oxygens (including phenoxy) is 1. The molecule has 0 radical (unpaired) electrons. The molecule has 3 aliphatic rings. The smallest absolute Gasteiger partial charge is 0.178 e. The molecule has 0 spiro atoms. The predicted octanol–water partition coefficient (Wildman–Crippen LogP) is 4.06. The van der Waals surface area contributed by atoms with E-state index in [0.717, 1.165) is 39.5 Å². The predicted molar refractivity (Wildman–Crippen MR) is 80.5 cm³/mol. The molecule has 5 rings (SSSR count). The summed E-state index contributed by atoms with van der Waals surface area (Å²) in [5.74, 6) is 3.32. The van der Waals surface area contributed by atoms with Crippen molar-refractivity contribution >= 4 is 23.3 Å². The Morgan fingerprint density at radius 1 is 1.29 bits per heavy atom. The van der Waals surface area contributed by atoms with Gasteiger partial charge in [0.1, 0.15) is 0 Å². The normalized spacial score (nSPS) is 36.2. The lowest BCUT2D eigenvalue weighted by molar-refractivity contribution is 0.387. The van der Waals surface area contributed by atoms with Crippen LogP contribution < -0.4 is 4.74 Å². The summed E-state index contributed by atoms with van der Waals surface area (Å²) in [5.41, 5.74) is 1.76. The number of hydrogen-bond donors (Lipinski definition) is 1. The maximum atomic E-state index is 13.9. The van der Waals surface area contributed by atoms with Gasteiger partial charge >= 0.3 is 0 Å². The average Bonchev–Trinajstić information content (AvgIpc) is 2.80. The molecule has 3 nitrogen and oxygen atoms in total. The van der Waals surface area contributed by atoms with Crippen LogP contribution in [0.3, 0.4) is 0 Å². The molecule has 0 saturated heterocycles. The zero-order valence-corrected chi connectivity index (χ0v) is 12.6. The molecule has 0 aliphatic heterocycles. The Bertz CT molecular complexity index is 794. The molecule has 1 N–H and O–H groups in total. The standard InChI is InChI=1S/C16H17FN2OS/c1-20-12-6-11-10(5-9(12)17)18-16(21)19(11)15-13-7-2-3-8(4-7)14(13)15/h5-8,13-15H,2-4H2,1H3,(H,18,21). The van der Waals surface area contributed by atoms with Gasteiger partial charge in [0.2, 0.25) is 0 Å². The third-order valence-corrected chi connectivity index (χ3v) is 6.28. The lowest BCUT2D eigenvalue weighted by atomic mass is 10.0. The van der Waals surface area contributed by atoms with Crippen molar-refractivity contribution < 1.29 is 9.13 Å². The zero-order valence-electron chi connectivity index (χ0n) is 11.8. The number of halogens is 1. The van der Waals surface area contributed by atoms with Crippen LogP contribution in [-0.4, -0.2) is 16.7 Å². The van der Waals surface area contributed by atoms with Crippen molar-refractivity contribution in [1.29, 1.82) is 0 Å². The average molecular weight is 304 g/mol. The second-order valence-corrected chi connectivity index (χ2v) is 7.17. The first-order valence-electron chi connectivity index (χ1n) is 7.67. The highest BCUT2D eigenvalue weighted by atomic mass is 32.1. The van der Waals surface area contributed by atoms with Crippen LogP contribution >= 0.6 is 12.2 Å². The lowest BCUT2D eigenvalue weighted by Crippen LogP contribution is -2.05. The topological polar surface area (TPSA) is 29.9 Å². The highest BCUT2D eigenvalue weighted by Gasteiger charge is 2.66. The van der Waals surface area contributed by atoms with E-state index in [1.165, 1.54) is 32.4 Å². The number of hydrogen-bond acceptors (Lipinski definition) is 2. The monoisotopic (exact) mass is 304 g/mol. The number of methoxy groups -OCH3 is 1. The van der Waals surface area contributed by atoms with Crippen molar-refractivity contribution in [2.45, 2.75) is 25.3 Å². The van der Waals surface area contributed by atoms with Crippen LogP contribution in [0.1, 0.15) is 25.3 Å². The third kappa shape index (κ3) is 1.45. The van der Waals surface area contributed by atoms with Crippen molar-refractivity contribution in [3.05, 3.63) is 22.7 Å². The Hall–Kier alpha value is -1.36. The summed E-state index contributed by atoms with van der Waals surface area (Å²) in [6.07, 6.45) is 4.19. The van der Waals surface area contributed by atoms with E-state index in [-0.39, 0.29) is 5.82 Å². The zero-order chi connectivity index (χ0) is 14.3. The first-order chi connectivity index (χ1) is 10.2. The molecule has 1 aromatic heterocycles. The summed E-state index contributed by atoms with van der Waals surface area (Å²) in [6, 6.07) is 3.80. The van der Waals surface area contributed by atoms with Crippen LogP contribution in [0.25, 0.3) is 11.0 Å². The van der Waals surface area contributed by atoms with Gasteiger partial charge in [-0.25, -0.2) is 4.39 Å². The van der Waals surface area contributed by atoms with Crippen molar-refractivity contribution in [1.82, 2.24) is 9.55 Å². The van der Waals surface area contributed by atoms with Crippen LogP contribution in [0.15, 0.2) is 12.1 Å². The van der Waals surface area contributed by atoms with Gasteiger partial charge in [0.05, 0.1) is 18.1 Å². The van der Waals surface area contributed by atoms with Crippen LogP contribution in [0.5, 0.6) is 5.75 Å². The summed E-state index contributed by atoms with van der Waals surface area (Å²) >= 11 is 5.51. The number of H-pyrrole nitrogens is 1. The third-order valence-electron chi connectivity index (χ3n) is 5.98. The summed E-state index contributed by atoms with van der Waals surface area (Å²) in [5, 5.41) is 0. The number of aromatic amines is 1. The number of nitrogens with one attached hydrogen (secondary N) is 1. The number of imidazole rings is 1. The van der Waals surface area contributed by atoms with Gasteiger partial charge in [-0.15, -0.1) is 0 Å². The molecule has 21 heavy (non-hydrogen) atoms. The molecular weight excluding hydrogens is 287 g/mol. The Balaban J connectivity index is 1.67. The Kier molecular flexibility index (Phi) is 2.26. The molecule has 0 amide bonds. The highest BCUT2D eigenvalue weighted by Crippen LogP contribution is 2.71. The van der Waals surface area contributed by atoms with Crippen LogP contribution in [-0.2, 0) is 0 Å². The Morgan fingerprint density at radius 3 is 2.67 bits per heavy atom. The van der Waals surface area contributed by atoms with Gasteiger partial charge in [-0.3, -0.25) is 0 Å². The quantitative estimate of drug-likeness (QED) is 0.848. The second-order valence-electron chi connectivity index (χ2n) is 6.78. The number of fused-ring (bicyclic) bond motifs is 6. The van der Waals surface area contributed by atoms with Crippen LogP contribution in [0, 0.1) is 34.3 Å². The van der Waals surface area contributed by atoms with Gasteiger partial charge in [0.15, 0.2) is 16.3 Å². The van der Waals surface area contributed by atoms with Crippen LogP contribution in [0.2, 0.25) is 0 Å². The van der Waals surface area contributed by atoms with E-state index >= 15 is 0 Å². The molecule has 1 heterocycles. The van der Waals surface area contributed by atoms with E-state index < -0.39 is 0 Å². The highest BCUT2D eigenvalue weighted by molar-refractivity contribution is 7.71. The fourth-order valence-corrected chi connectivity index (χ4v) is 5.53. The van der Waals surface area contributed by atoms with Gasteiger partial charge in [0.25, 0.3) is 0 Å². The summed E-state index contributed by atoms with van der Waals surface area (Å²) < 4.78 is 21.9. The van der Waals surface area contributed by atoms with Gasteiger partial charge in [-0.2, -0.15) is 0 Å². The molecule has 5 heteroatoms. The summed E-state index contributed by atoms with van der Waals surface area (Å²) in [6.45, 7) is 0. The van der Waals surface area contributed by atoms with E-state index in [0.29, 0.717) is 11.8 Å². The first-order valence-corrected chi connectivity index (χ1v) is 8.07. The number of rotatable bonds is 2. The lowest BCUT2D eigenvalue weighted by Gasteiger charge is -2.11. The van der Waals surface area contributed by atoms with Gasteiger partial charge in [0, 0.05) is 18.2 Å². The number of aromatic nitrogens is 2. The molecule has 2 bridgehead atoms. The Labute approximate surface area is 127 Å². The molecule has 110 valence electrons. The summed E-state index contributed by atoms with van der Waals surface area (Å²) in [4.78, 5) is 3.16. The minimum absolute atomic E-state index is 0.291. The molecular formula is C16H17FN2OS. The molecule has 4 atom stereocenters. The van der Waals surface area contributed by atoms with E-state index in [1.54, 1.807) is 6.07 Å². The molecule has 3 saturated carbocycles. The first kappa shape index (κ1) is 12.2. The van der Waals surface area contributed by atoms with Crippen molar-refractivity contribution in [2.75, 3.05) is 7.11 Å². The number of nitrogens with zero attached hydrogens (tertiary/aromatic N) is 1. The van der Waals surface area contributed by atoms with Crippen molar-refractivity contribution in [3.8, 4) is 5.75 Å². The van der Waals surface area contributed by atoms with Crippen LogP contribution in [0.4, 0.5) is 4.39 Å². The van der Waals surface area contributed by atoms with E-state index in [2.05, 4.69) is 9.55 Å². The maximum absolute atomic E-state index is 13.9. The van der Waals surface area contributed by atoms with Gasteiger partial charge < -0.3 is 14.3 Å². The van der Waals surface area contributed by atoms with E-state index in [4.69, 9.17) is 17.0 Å². The van der Waals surface area contributed by atoms with Crippen molar-refractivity contribution in [2.24, 2.45) is 23.7 Å². The number of benzene rings is 1. The van der Waals surface area contributed by atoms with Crippen molar-refractivity contribution in [3.63, 3.8) is 0 Å². The second kappa shape index (κ2) is 3.88. The molecule has 1 aromatic carbocycles. The molecule has 3 aliphatic carbocycles. The molecule has 2 aromatic rings. The molecule has 4 unspecified atom stereocenters. The minimum Gasteiger partial charge on any atom is -0.494 e. The SMILES string of the molecule is COc1cc2c(cc1F)[nH]c(=S)n2C1C2C3CCC(C3)C21. The Morgan fingerprint density at radius 2 is 2.00 bits per heavy atom. The summed E-state index contributed by atoms with van der Waals surface area (Å²) in [7, 11) is 1.50.